The number of hydrogen-bond donors (Lipinski definition) is 1. The minimum absolute atomic E-state index is 0.381. The third-order valence-electron chi connectivity index (χ3n) is 4.04. The van der Waals surface area contributed by atoms with E-state index in [0.29, 0.717) is 36.3 Å². The highest BCUT2D eigenvalue weighted by Gasteiger charge is 2.07. The summed E-state index contributed by atoms with van der Waals surface area (Å²) in [6, 6.07) is 23.5. The third-order valence-corrected chi connectivity index (χ3v) is 4.41. The van der Waals surface area contributed by atoms with Crippen LogP contribution in [0.2, 0.25) is 5.02 Å². The van der Waals surface area contributed by atoms with Gasteiger partial charge in [0, 0.05) is 10.6 Å². The second-order valence-electron chi connectivity index (χ2n) is 6.10. The maximum absolute atomic E-state index is 6.20. The molecular weight excluding hydrogens is 372 g/mol. The number of halogens is 1. The predicted octanol–water partition coefficient (Wildman–Crippen LogP) is 5.44. The second-order valence-corrected chi connectivity index (χ2v) is 6.51. The molecule has 0 fully saturated rings. The van der Waals surface area contributed by atoms with Crippen molar-refractivity contribution in [2.24, 2.45) is 5.10 Å². The third kappa shape index (κ3) is 5.76. The van der Waals surface area contributed by atoms with Gasteiger partial charge in [-0.3, -0.25) is 0 Å². The topological polar surface area (TPSA) is 42.8 Å². The van der Waals surface area contributed by atoms with Crippen LogP contribution in [0.3, 0.4) is 0 Å². The predicted molar refractivity (Wildman–Crippen MR) is 114 cm³/mol. The van der Waals surface area contributed by atoms with Crippen molar-refractivity contribution in [3.05, 3.63) is 94.5 Å². The average molecular weight is 395 g/mol. The molecule has 5 heteroatoms. The van der Waals surface area contributed by atoms with Crippen LogP contribution in [0.4, 0.5) is 0 Å². The van der Waals surface area contributed by atoms with Crippen LogP contribution in [0.15, 0.2) is 77.9 Å². The summed E-state index contributed by atoms with van der Waals surface area (Å²) in [4.78, 5) is 0. The number of hydrogen-bond acceptors (Lipinski definition) is 4. The monoisotopic (exact) mass is 394 g/mol. The smallest absolute Gasteiger partial charge is 0.161 e. The Morgan fingerprint density at radius 3 is 2.50 bits per heavy atom. The SMILES string of the molecule is CCOc1cc(C=NNCc2ccccc2)ccc1OCc1ccccc1Cl. The Hall–Kier alpha value is -2.98. The molecule has 0 unspecified atom stereocenters. The van der Waals surface area contributed by atoms with E-state index in [1.165, 1.54) is 5.56 Å². The van der Waals surface area contributed by atoms with E-state index in [4.69, 9.17) is 21.1 Å². The minimum atomic E-state index is 0.381. The van der Waals surface area contributed by atoms with Crippen LogP contribution in [0, 0.1) is 0 Å². The standard InChI is InChI=1S/C23H23ClN2O2/c1-2-27-23-14-19(16-26-25-15-18-8-4-3-5-9-18)12-13-22(23)28-17-20-10-6-7-11-21(20)24/h3-14,16,25H,2,15,17H2,1H3. The van der Waals surface area contributed by atoms with Crippen LogP contribution in [-0.2, 0) is 13.2 Å². The zero-order chi connectivity index (χ0) is 19.6. The Balaban J connectivity index is 1.63. The largest absolute Gasteiger partial charge is 0.490 e. The van der Waals surface area contributed by atoms with E-state index < -0.39 is 0 Å². The molecule has 0 radical (unpaired) electrons. The molecule has 0 aromatic heterocycles. The highest BCUT2D eigenvalue weighted by molar-refractivity contribution is 6.31. The fraction of sp³-hybridized carbons (Fsp3) is 0.174. The van der Waals surface area contributed by atoms with Gasteiger partial charge in [-0.25, -0.2) is 0 Å². The summed E-state index contributed by atoms with van der Waals surface area (Å²) in [6.45, 7) is 3.55. The number of nitrogens with zero attached hydrogens (tertiary/aromatic N) is 1. The zero-order valence-corrected chi connectivity index (χ0v) is 16.5. The summed E-state index contributed by atoms with van der Waals surface area (Å²) in [6.07, 6.45) is 1.77. The highest BCUT2D eigenvalue weighted by atomic mass is 35.5. The maximum Gasteiger partial charge on any atom is 0.161 e. The number of ether oxygens (including phenoxy) is 2. The van der Waals surface area contributed by atoms with Gasteiger partial charge in [0.25, 0.3) is 0 Å². The summed E-state index contributed by atoms with van der Waals surface area (Å²) >= 11 is 6.20. The number of hydrazone groups is 1. The van der Waals surface area contributed by atoms with Gasteiger partial charge < -0.3 is 14.9 Å². The van der Waals surface area contributed by atoms with Gasteiger partial charge in [0.2, 0.25) is 0 Å². The molecule has 0 aliphatic rings. The second kappa shape index (κ2) is 10.4. The van der Waals surface area contributed by atoms with E-state index in [-0.39, 0.29) is 0 Å². The Morgan fingerprint density at radius 1 is 0.929 bits per heavy atom. The van der Waals surface area contributed by atoms with Crippen LogP contribution in [0.25, 0.3) is 0 Å². The molecule has 0 spiro atoms. The first kappa shape index (κ1) is 19.8. The van der Waals surface area contributed by atoms with Crippen molar-refractivity contribution >= 4 is 17.8 Å². The fourth-order valence-electron chi connectivity index (χ4n) is 2.62. The molecule has 0 amide bonds. The molecule has 3 aromatic carbocycles. The lowest BCUT2D eigenvalue weighted by molar-refractivity contribution is 0.269. The molecule has 3 rings (SSSR count). The van der Waals surface area contributed by atoms with Crippen LogP contribution in [-0.4, -0.2) is 12.8 Å². The van der Waals surface area contributed by atoms with E-state index >= 15 is 0 Å². The highest BCUT2D eigenvalue weighted by Crippen LogP contribution is 2.29. The lowest BCUT2D eigenvalue weighted by Gasteiger charge is -2.13. The number of nitrogens with one attached hydrogen (secondary N) is 1. The fourth-order valence-corrected chi connectivity index (χ4v) is 2.81. The van der Waals surface area contributed by atoms with E-state index in [1.807, 2.05) is 67.6 Å². The van der Waals surface area contributed by atoms with E-state index in [9.17, 15) is 0 Å². The van der Waals surface area contributed by atoms with Gasteiger partial charge >= 0.3 is 0 Å². The summed E-state index contributed by atoms with van der Waals surface area (Å²) < 4.78 is 11.7. The molecule has 144 valence electrons. The van der Waals surface area contributed by atoms with Crippen molar-refractivity contribution in [1.82, 2.24) is 5.43 Å². The van der Waals surface area contributed by atoms with E-state index in [0.717, 1.165) is 11.1 Å². The van der Waals surface area contributed by atoms with Gasteiger partial charge in [0.15, 0.2) is 11.5 Å². The summed E-state index contributed by atoms with van der Waals surface area (Å²) in [5, 5.41) is 4.97. The van der Waals surface area contributed by atoms with Crippen LogP contribution < -0.4 is 14.9 Å². The van der Waals surface area contributed by atoms with Crippen molar-refractivity contribution in [2.75, 3.05) is 6.61 Å². The van der Waals surface area contributed by atoms with Crippen LogP contribution in [0.5, 0.6) is 11.5 Å². The first-order valence-corrected chi connectivity index (χ1v) is 9.57. The summed E-state index contributed by atoms with van der Waals surface area (Å²) in [5.74, 6) is 1.36. The lowest BCUT2D eigenvalue weighted by Crippen LogP contribution is -2.05. The van der Waals surface area contributed by atoms with Gasteiger partial charge in [-0.05, 0) is 42.3 Å². The Morgan fingerprint density at radius 2 is 1.71 bits per heavy atom. The summed E-state index contributed by atoms with van der Waals surface area (Å²) in [7, 11) is 0. The molecule has 0 saturated heterocycles. The van der Waals surface area contributed by atoms with Crippen molar-refractivity contribution in [1.29, 1.82) is 0 Å². The van der Waals surface area contributed by atoms with Crippen molar-refractivity contribution in [2.45, 2.75) is 20.1 Å². The summed E-state index contributed by atoms with van der Waals surface area (Å²) in [5.41, 5.74) is 6.09. The van der Waals surface area contributed by atoms with Crippen molar-refractivity contribution in [3.8, 4) is 11.5 Å². The van der Waals surface area contributed by atoms with Crippen molar-refractivity contribution in [3.63, 3.8) is 0 Å². The zero-order valence-electron chi connectivity index (χ0n) is 15.8. The number of rotatable bonds is 9. The van der Waals surface area contributed by atoms with Crippen LogP contribution >= 0.6 is 11.6 Å². The quantitative estimate of drug-likeness (QED) is 0.388. The van der Waals surface area contributed by atoms with Gasteiger partial charge in [-0.15, -0.1) is 0 Å². The molecule has 3 aromatic rings. The Labute approximate surface area is 170 Å². The Bertz CT molecular complexity index is 913. The minimum Gasteiger partial charge on any atom is -0.490 e. The number of benzene rings is 3. The van der Waals surface area contributed by atoms with Crippen molar-refractivity contribution < 1.29 is 9.47 Å². The molecular formula is C23H23ClN2O2. The normalized spacial score (nSPS) is 10.8. The molecule has 0 heterocycles. The van der Waals surface area contributed by atoms with Gasteiger partial charge in [-0.1, -0.05) is 60.1 Å². The van der Waals surface area contributed by atoms with Gasteiger partial charge in [0.05, 0.1) is 19.4 Å². The van der Waals surface area contributed by atoms with E-state index in [2.05, 4.69) is 22.7 Å². The molecule has 0 bridgehead atoms. The molecule has 28 heavy (non-hydrogen) atoms. The molecule has 1 N–H and O–H groups in total. The first-order valence-electron chi connectivity index (χ1n) is 9.19. The lowest BCUT2D eigenvalue weighted by atomic mass is 10.2. The molecule has 0 aliphatic carbocycles. The van der Waals surface area contributed by atoms with Crippen LogP contribution in [0.1, 0.15) is 23.6 Å². The molecule has 0 aliphatic heterocycles. The van der Waals surface area contributed by atoms with E-state index in [1.54, 1.807) is 6.21 Å². The molecule has 4 nitrogen and oxygen atoms in total. The van der Waals surface area contributed by atoms with Gasteiger partial charge in [-0.2, -0.15) is 5.10 Å². The first-order chi connectivity index (χ1) is 13.8. The average Bonchev–Trinajstić information content (AvgIpc) is 2.73. The van der Waals surface area contributed by atoms with Gasteiger partial charge in [0.1, 0.15) is 6.61 Å². The maximum atomic E-state index is 6.20. The Kier molecular flexibility index (Phi) is 7.33. The molecule has 0 saturated carbocycles. The molecule has 0 atom stereocenters.